The number of carbonyl (C=O) groups is 1. The molecule has 0 unspecified atom stereocenters. The van der Waals surface area contributed by atoms with Crippen LogP contribution in [-0.2, 0) is 6.42 Å². The average Bonchev–Trinajstić information content (AvgIpc) is 2.63. The number of hydrogen-bond donors (Lipinski definition) is 0. The number of halogens is 2. The first kappa shape index (κ1) is 12.6. The van der Waals surface area contributed by atoms with Crippen LogP contribution in [0.1, 0.15) is 20.8 Å². The number of benzene rings is 1. The monoisotopic (exact) mass is 284 g/mol. The maximum absolute atomic E-state index is 12.0. The highest BCUT2D eigenvalue weighted by molar-refractivity contribution is 7.18. The van der Waals surface area contributed by atoms with E-state index >= 15 is 0 Å². The van der Waals surface area contributed by atoms with E-state index < -0.39 is 0 Å². The zero-order valence-corrected chi connectivity index (χ0v) is 11.5. The Morgan fingerprint density at radius 3 is 2.41 bits per heavy atom. The Morgan fingerprint density at radius 2 is 1.88 bits per heavy atom. The van der Waals surface area contributed by atoms with Gasteiger partial charge in [-0.15, -0.1) is 11.3 Å². The Kier molecular flexibility index (Phi) is 3.87. The molecule has 1 aromatic heterocycles. The third-order valence-corrected chi connectivity index (χ3v) is 4.26. The first-order valence-electron chi connectivity index (χ1n) is 5.10. The van der Waals surface area contributed by atoms with Crippen LogP contribution in [0.25, 0.3) is 0 Å². The highest BCUT2D eigenvalue weighted by Gasteiger charge is 2.12. The fourth-order valence-corrected chi connectivity index (χ4v) is 2.74. The minimum atomic E-state index is 0.0901. The van der Waals surface area contributed by atoms with Crippen molar-refractivity contribution in [3.63, 3.8) is 0 Å². The van der Waals surface area contributed by atoms with Crippen molar-refractivity contribution in [2.24, 2.45) is 0 Å². The molecular weight excluding hydrogens is 275 g/mol. The van der Waals surface area contributed by atoms with Crippen LogP contribution >= 0.6 is 34.5 Å². The first-order chi connectivity index (χ1) is 8.06. The second kappa shape index (κ2) is 5.21. The summed E-state index contributed by atoms with van der Waals surface area (Å²) in [4.78, 5) is 12.7. The molecule has 0 aliphatic heterocycles. The molecule has 1 aromatic carbocycles. The summed E-state index contributed by atoms with van der Waals surface area (Å²) in [6.07, 6.45) is 0.382. The standard InChI is InChI=1S/C13H10Cl2OS/c1-8-6-12(17-13(8)15)11(16)7-9-2-4-10(14)5-3-9/h2-6H,7H2,1H3. The predicted octanol–water partition coefficient (Wildman–Crippen LogP) is 4.79. The molecule has 0 amide bonds. The molecule has 0 fully saturated rings. The molecule has 88 valence electrons. The summed E-state index contributed by atoms with van der Waals surface area (Å²) in [6, 6.07) is 9.14. The summed E-state index contributed by atoms with van der Waals surface area (Å²) < 4.78 is 0.685. The zero-order chi connectivity index (χ0) is 12.4. The van der Waals surface area contributed by atoms with Gasteiger partial charge in [-0.3, -0.25) is 4.79 Å². The van der Waals surface area contributed by atoms with Gasteiger partial charge in [-0.05, 0) is 36.2 Å². The van der Waals surface area contributed by atoms with Gasteiger partial charge in [0.25, 0.3) is 0 Å². The molecule has 0 atom stereocenters. The van der Waals surface area contributed by atoms with Crippen molar-refractivity contribution in [1.82, 2.24) is 0 Å². The van der Waals surface area contributed by atoms with Gasteiger partial charge in [-0.25, -0.2) is 0 Å². The molecule has 0 spiro atoms. The van der Waals surface area contributed by atoms with E-state index in [1.54, 1.807) is 12.1 Å². The minimum absolute atomic E-state index is 0.0901. The van der Waals surface area contributed by atoms with Gasteiger partial charge in [0.1, 0.15) is 0 Å². The van der Waals surface area contributed by atoms with Crippen LogP contribution in [0, 0.1) is 6.92 Å². The van der Waals surface area contributed by atoms with E-state index in [0.29, 0.717) is 20.7 Å². The van der Waals surface area contributed by atoms with E-state index in [1.807, 2.05) is 25.1 Å². The Morgan fingerprint density at radius 1 is 1.24 bits per heavy atom. The third kappa shape index (κ3) is 3.09. The lowest BCUT2D eigenvalue weighted by molar-refractivity contribution is 0.0997. The molecular formula is C13H10Cl2OS. The molecule has 0 radical (unpaired) electrons. The number of ketones is 1. The van der Waals surface area contributed by atoms with Gasteiger partial charge in [0.15, 0.2) is 5.78 Å². The van der Waals surface area contributed by atoms with Crippen molar-refractivity contribution in [2.45, 2.75) is 13.3 Å². The van der Waals surface area contributed by atoms with Crippen LogP contribution in [0.3, 0.4) is 0 Å². The van der Waals surface area contributed by atoms with E-state index in [2.05, 4.69) is 0 Å². The molecule has 0 bridgehead atoms. The average molecular weight is 285 g/mol. The Hall–Kier alpha value is -0.830. The fraction of sp³-hybridized carbons (Fsp3) is 0.154. The number of thiophene rings is 1. The Labute approximate surface area is 114 Å². The molecule has 2 rings (SSSR count). The number of rotatable bonds is 3. The number of aryl methyl sites for hydroxylation is 1. The van der Waals surface area contributed by atoms with Crippen molar-refractivity contribution in [3.05, 3.63) is 55.7 Å². The number of carbonyl (C=O) groups excluding carboxylic acids is 1. The molecule has 0 aliphatic rings. The second-order valence-electron chi connectivity index (χ2n) is 3.79. The van der Waals surface area contributed by atoms with Gasteiger partial charge in [0.05, 0.1) is 9.21 Å². The SMILES string of the molecule is Cc1cc(C(=O)Cc2ccc(Cl)cc2)sc1Cl. The molecule has 2 aromatic rings. The van der Waals surface area contributed by atoms with Crippen LogP contribution < -0.4 is 0 Å². The van der Waals surface area contributed by atoms with Crippen LogP contribution in [0.2, 0.25) is 9.36 Å². The van der Waals surface area contributed by atoms with E-state index in [0.717, 1.165) is 11.1 Å². The Bertz CT molecular complexity index is 524. The van der Waals surface area contributed by atoms with Gasteiger partial charge in [0.2, 0.25) is 0 Å². The van der Waals surface area contributed by atoms with Crippen LogP contribution in [0.15, 0.2) is 30.3 Å². The van der Waals surface area contributed by atoms with Crippen molar-refractivity contribution in [1.29, 1.82) is 0 Å². The van der Waals surface area contributed by atoms with Crippen LogP contribution in [0.4, 0.5) is 0 Å². The molecule has 17 heavy (non-hydrogen) atoms. The molecule has 0 aliphatic carbocycles. The second-order valence-corrected chi connectivity index (χ2v) is 5.88. The first-order valence-corrected chi connectivity index (χ1v) is 6.67. The van der Waals surface area contributed by atoms with Crippen molar-refractivity contribution < 1.29 is 4.79 Å². The third-order valence-electron chi connectivity index (χ3n) is 2.41. The minimum Gasteiger partial charge on any atom is -0.293 e. The summed E-state index contributed by atoms with van der Waals surface area (Å²) in [5.74, 6) is 0.0901. The molecule has 1 heterocycles. The van der Waals surface area contributed by atoms with E-state index in [1.165, 1.54) is 11.3 Å². The number of Topliss-reactive ketones (excluding diaryl/α,β-unsaturated/α-hetero) is 1. The quantitative estimate of drug-likeness (QED) is 0.741. The van der Waals surface area contributed by atoms with Gasteiger partial charge in [-0.1, -0.05) is 35.3 Å². The highest BCUT2D eigenvalue weighted by Crippen LogP contribution is 2.27. The van der Waals surface area contributed by atoms with E-state index in [9.17, 15) is 4.79 Å². The van der Waals surface area contributed by atoms with Crippen molar-refractivity contribution >= 4 is 40.3 Å². The molecule has 4 heteroatoms. The van der Waals surface area contributed by atoms with Crippen molar-refractivity contribution in [3.8, 4) is 0 Å². The largest absolute Gasteiger partial charge is 0.293 e. The van der Waals surface area contributed by atoms with E-state index in [4.69, 9.17) is 23.2 Å². The lowest BCUT2D eigenvalue weighted by atomic mass is 10.1. The van der Waals surface area contributed by atoms with Crippen LogP contribution in [-0.4, -0.2) is 5.78 Å². The number of hydrogen-bond acceptors (Lipinski definition) is 2. The molecule has 0 N–H and O–H groups in total. The Balaban J connectivity index is 2.14. The lowest BCUT2D eigenvalue weighted by Crippen LogP contribution is -2.00. The maximum Gasteiger partial charge on any atom is 0.177 e. The van der Waals surface area contributed by atoms with Gasteiger partial charge in [0, 0.05) is 11.4 Å². The maximum atomic E-state index is 12.0. The lowest BCUT2D eigenvalue weighted by Gasteiger charge is -1.99. The smallest absolute Gasteiger partial charge is 0.177 e. The van der Waals surface area contributed by atoms with Crippen LogP contribution in [0.5, 0.6) is 0 Å². The normalized spacial score (nSPS) is 10.5. The highest BCUT2D eigenvalue weighted by atomic mass is 35.5. The van der Waals surface area contributed by atoms with Gasteiger partial charge >= 0.3 is 0 Å². The molecule has 1 nitrogen and oxygen atoms in total. The summed E-state index contributed by atoms with van der Waals surface area (Å²) in [6.45, 7) is 1.90. The van der Waals surface area contributed by atoms with Gasteiger partial charge < -0.3 is 0 Å². The summed E-state index contributed by atoms with van der Waals surface area (Å²) >= 11 is 13.1. The summed E-state index contributed by atoms with van der Waals surface area (Å²) in [7, 11) is 0. The summed E-state index contributed by atoms with van der Waals surface area (Å²) in [5.41, 5.74) is 1.91. The van der Waals surface area contributed by atoms with E-state index in [-0.39, 0.29) is 5.78 Å². The summed E-state index contributed by atoms with van der Waals surface area (Å²) in [5, 5.41) is 0.677. The molecule has 0 saturated carbocycles. The van der Waals surface area contributed by atoms with Gasteiger partial charge in [-0.2, -0.15) is 0 Å². The fourth-order valence-electron chi connectivity index (χ4n) is 1.47. The topological polar surface area (TPSA) is 17.1 Å². The predicted molar refractivity (Wildman–Crippen MR) is 73.6 cm³/mol. The van der Waals surface area contributed by atoms with Crippen molar-refractivity contribution in [2.75, 3.05) is 0 Å². The zero-order valence-electron chi connectivity index (χ0n) is 9.17. The molecule has 0 saturated heterocycles.